The molecular formula is C14H18N4OS. The third-order valence-electron chi connectivity index (χ3n) is 3.06. The summed E-state index contributed by atoms with van der Waals surface area (Å²) in [5, 5.41) is 3.48. The maximum Gasteiger partial charge on any atom is 0.237 e. The van der Waals surface area contributed by atoms with Gasteiger partial charge in [-0.2, -0.15) is 0 Å². The van der Waals surface area contributed by atoms with Crippen molar-refractivity contribution in [1.29, 1.82) is 0 Å². The third-order valence-corrected chi connectivity index (χ3v) is 4.23. The van der Waals surface area contributed by atoms with Gasteiger partial charge >= 0.3 is 0 Å². The van der Waals surface area contributed by atoms with Crippen molar-refractivity contribution in [3.8, 4) is 0 Å². The lowest BCUT2D eigenvalue weighted by Crippen LogP contribution is -2.23. The van der Waals surface area contributed by atoms with E-state index in [1.54, 1.807) is 6.20 Å². The Morgan fingerprint density at radius 1 is 1.50 bits per heavy atom. The lowest BCUT2D eigenvalue weighted by Gasteiger charge is -2.14. The lowest BCUT2D eigenvalue weighted by atomic mass is 10.1. The number of benzene rings is 1. The van der Waals surface area contributed by atoms with E-state index >= 15 is 0 Å². The zero-order valence-electron chi connectivity index (χ0n) is 11.8. The Bertz CT molecular complexity index is 623. The molecule has 1 amide bonds. The monoisotopic (exact) mass is 290 g/mol. The number of imidazole rings is 1. The van der Waals surface area contributed by atoms with Gasteiger partial charge in [0.2, 0.25) is 5.91 Å². The maximum absolute atomic E-state index is 12.2. The topological polar surface area (TPSA) is 72.9 Å². The van der Waals surface area contributed by atoms with Crippen molar-refractivity contribution in [2.24, 2.45) is 7.05 Å². The van der Waals surface area contributed by atoms with Crippen LogP contribution in [0.3, 0.4) is 0 Å². The zero-order chi connectivity index (χ0) is 14.7. The van der Waals surface area contributed by atoms with Gasteiger partial charge in [-0.1, -0.05) is 17.8 Å². The summed E-state index contributed by atoms with van der Waals surface area (Å²) in [6.45, 7) is 3.75. The van der Waals surface area contributed by atoms with Crippen LogP contribution in [-0.2, 0) is 11.8 Å². The second-order valence-electron chi connectivity index (χ2n) is 4.59. The maximum atomic E-state index is 12.2. The molecule has 0 aliphatic carbocycles. The molecule has 6 heteroatoms. The molecule has 0 aliphatic rings. The molecule has 1 aromatic carbocycles. The number of aryl methyl sites for hydroxylation is 1. The molecule has 0 fully saturated rings. The second-order valence-corrected chi connectivity index (χ2v) is 5.90. The largest absolute Gasteiger partial charge is 0.398 e. The quantitative estimate of drug-likeness (QED) is 0.670. The van der Waals surface area contributed by atoms with Gasteiger partial charge < -0.3 is 15.6 Å². The van der Waals surface area contributed by atoms with Crippen molar-refractivity contribution in [2.45, 2.75) is 24.3 Å². The zero-order valence-corrected chi connectivity index (χ0v) is 12.6. The first-order chi connectivity index (χ1) is 9.49. The van der Waals surface area contributed by atoms with Crippen molar-refractivity contribution < 1.29 is 4.79 Å². The summed E-state index contributed by atoms with van der Waals surface area (Å²) in [6, 6.07) is 5.49. The van der Waals surface area contributed by atoms with Gasteiger partial charge in [0.05, 0.1) is 5.25 Å². The smallest absolute Gasteiger partial charge is 0.237 e. The van der Waals surface area contributed by atoms with E-state index in [2.05, 4.69) is 10.3 Å². The highest BCUT2D eigenvalue weighted by atomic mass is 32.2. The molecule has 3 N–H and O–H groups in total. The number of aromatic nitrogens is 2. The van der Waals surface area contributed by atoms with E-state index in [1.807, 2.05) is 49.9 Å². The van der Waals surface area contributed by atoms with Crippen LogP contribution >= 0.6 is 11.8 Å². The van der Waals surface area contributed by atoms with Crippen LogP contribution in [0.4, 0.5) is 11.4 Å². The van der Waals surface area contributed by atoms with Gasteiger partial charge in [0.15, 0.2) is 5.16 Å². The minimum absolute atomic E-state index is 0.0632. The molecule has 5 nitrogen and oxygen atoms in total. The number of anilines is 2. The fraction of sp³-hybridized carbons (Fsp3) is 0.286. The Morgan fingerprint density at radius 3 is 2.90 bits per heavy atom. The van der Waals surface area contributed by atoms with Crippen molar-refractivity contribution in [3.63, 3.8) is 0 Å². The molecule has 1 atom stereocenters. The summed E-state index contributed by atoms with van der Waals surface area (Å²) >= 11 is 1.42. The molecule has 1 aromatic heterocycles. The van der Waals surface area contributed by atoms with Crippen LogP contribution in [0, 0.1) is 6.92 Å². The fourth-order valence-corrected chi connectivity index (χ4v) is 2.53. The Kier molecular flexibility index (Phi) is 4.34. The van der Waals surface area contributed by atoms with E-state index in [0.29, 0.717) is 5.69 Å². The van der Waals surface area contributed by atoms with E-state index in [9.17, 15) is 4.79 Å². The van der Waals surface area contributed by atoms with Crippen molar-refractivity contribution >= 4 is 29.0 Å². The highest BCUT2D eigenvalue weighted by Crippen LogP contribution is 2.24. The van der Waals surface area contributed by atoms with E-state index in [1.165, 1.54) is 11.8 Å². The van der Waals surface area contributed by atoms with Crippen LogP contribution < -0.4 is 11.1 Å². The van der Waals surface area contributed by atoms with Crippen LogP contribution in [0.25, 0.3) is 0 Å². The molecule has 0 aliphatic heterocycles. The number of amides is 1. The predicted molar refractivity (Wildman–Crippen MR) is 82.7 cm³/mol. The van der Waals surface area contributed by atoms with Crippen LogP contribution in [-0.4, -0.2) is 20.7 Å². The highest BCUT2D eigenvalue weighted by Gasteiger charge is 2.17. The minimum Gasteiger partial charge on any atom is -0.398 e. The molecule has 0 saturated heterocycles. The van der Waals surface area contributed by atoms with Gasteiger partial charge in [0, 0.05) is 30.8 Å². The Hall–Kier alpha value is -1.95. The van der Waals surface area contributed by atoms with Crippen LogP contribution in [0.2, 0.25) is 0 Å². The van der Waals surface area contributed by atoms with Crippen molar-refractivity contribution in [1.82, 2.24) is 9.55 Å². The van der Waals surface area contributed by atoms with Crippen molar-refractivity contribution in [2.75, 3.05) is 11.1 Å². The molecule has 2 rings (SSSR count). The molecule has 0 spiro atoms. The molecule has 1 heterocycles. The first-order valence-electron chi connectivity index (χ1n) is 6.29. The predicted octanol–water partition coefficient (Wildman–Crippen LogP) is 2.43. The normalized spacial score (nSPS) is 12.2. The number of nitrogens with one attached hydrogen (secondary N) is 1. The summed E-state index contributed by atoms with van der Waals surface area (Å²) in [6.07, 6.45) is 3.57. The summed E-state index contributed by atoms with van der Waals surface area (Å²) in [4.78, 5) is 16.4. The van der Waals surface area contributed by atoms with Gasteiger partial charge in [-0.05, 0) is 31.5 Å². The standard InChI is InChI=1S/C14H18N4OS/c1-9-11(15)5-4-6-12(9)17-13(19)10(2)20-14-16-7-8-18(14)3/h4-8,10H,15H2,1-3H3,(H,17,19). The molecule has 1 unspecified atom stereocenters. The Morgan fingerprint density at radius 2 is 2.25 bits per heavy atom. The second kappa shape index (κ2) is 6.00. The first kappa shape index (κ1) is 14.5. The molecule has 0 radical (unpaired) electrons. The fourth-order valence-electron chi connectivity index (χ4n) is 1.70. The van der Waals surface area contributed by atoms with Gasteiger partial charge in [0.1, 0.15) is 0 Å². The highest BCUT2D eigenvalue weighted by molar-refractivity contribution is 8.00. The van der Waals surface area contributed by atoms with E-state index in [4.69, 9.17) is 5.73 Å². The van der Waals surface area contributed by atoms with Crippen molar-refractivity contribution in [3.05, 3.63) is 36.2 Å². The molecule has 106 valence electrons. The lowest BCUT2D eigenvalue weighted by molar-refractivity contribution is -0.115. The number of nitrogens with zero attached hydrogens (tertiary/aromatic N) is 2. The number of rotatable bonds is 4. The summed E-state index contributed by atoms with van der Waals surface area (Å²) in [5.41, 5.74) is 8.14. The van der Waals surface area contributed by atoms with Gasteiger partial charge in [-0.3, -0.25) is 4.79 Å². The number of thioether (sulfide) groups is 1. The number of carbonyl (C=O) groups excluding carboxylic acids is 1. The van der Waals surface area contributed by atoms with Gasteiger partial charge in [-0.25, -0.2) is 4.98 Å². The molecule has 2 aromatic rings. The van der Waals surface area contributed by atoms with Crippen LogP contribution in [0.1, 0.15) is 12.5 Å². The Balaban J connectivity index is 2.04. The average Bonchev–Trinajstić information content (AvgIpc) is 2.80. The van der Waals surface area contributed by atoms with Crippen LogP contribution in [0.15, 0.2) is 35.7 Å². The number of hydrogen-bond donors (Lipinski definition) is 2. The number of nitrogens with two attached hydrogens (primary N) is 1. The van der Waals surface area contributed by atoms with E-state index in [0.717, 1.165) is 16.4 Å². The first-order valence-corrected chi connectivity index (χ1v) is 7.17. The van der Waals surface area contributed by atoms with E-state index < -0.39 is 0 Å². The minimum atomic E-state index is -0.239. The summed E-state index contributed by atoms with van der Waals surface area (Å²) < 4.78 is 1.89. The molecule has 0 bridgehead atoms. The summed E-state index contributed by atoms with van der Waals surface area (Å²) in [7, 11) is 1.90. The molecular weight excluding hydrogens is 272 g/mol. The summed E-state index contributed by atoms with van der Waals surface area (Å²) in [5.74, 6) is -0.0632. The van der Waals surface area contributed by atoms with Gasteiger partial charge in [-0.15, -0.1) is 0 Å². The average molecular weight is 290 g/mol. The number of hydrogen-bond acceptors (Lipinski definition) is 4. The third kappa shape index (κ3) is 3.14. The number of nitrogen functional groups attached to an aromatic ring is 1. The van der Waals surface area contributed by atoms with E-state index in [-0.39, 0.29) is 11.2 Å². The number of carbonyl (C=O) groups is 1. The SMILES string of the molecule is Cc1c(N)cccc1NC(=O)C(C)Sc1nccn1C. The molecule has 20 heavy (non-hydrogen) atoms. The van der Waals surface area contributed by atoms with Crippen LogP contribution in [0.5, 0.6) is 0 Å². The molecule has 0 saturated carbocycles. The van der Waals surface area contributed by atoms with Gasteiger partial charge in [0.25, 0.3) is 0 Å². The Labute approximate surface area is 122 Å².